The number of thiazole rings is 1. The average molecular weight is 458 g/mol. The fourth-order valence-electron chi connectivity index (χ4n) is 2.81. The van der Waals surface area contributed by atoms with Gasteiger partial charge in [-0.25, -0.2) is 4.98 Å². The molecule has 0 fully saturated rings. The summed E-state index contributed by atoms with van der Waals surface area (Å²) in [6.45, 7) is 0.339. The molecule has 0 spiro atoms. The Balaban J connectivity index is 1.79. The maximum atomic E-state index is 13.4. The van der Waals surface area contributed by atoms with E-state index in [0.29, 0.717) is 17.2 Å². The van der Waals surface area contributed by atoms with Gasteiger partial charge in [0, 0.05) is 30.1 Å². The van der Waals surface area contributed by atoms with E-state index in [9.17, 15) is 4.79 Å². The van der Waals surface area contributed by atoms with Gasteiger partial charge >= 0.3 is 0 Å². The van der Waals surface area contributed by atoms with Crippen LogP contribution >= 0.6 is 27.3 Å². The van der Waals surface area contributed by atoms with Crippen LogP contribution in [0.25, 0.3) is 10.2 Å². The van der Waals surface area contributed by atoms with E-state index < -0.39 is 0 Å². The number of methoxy groups -OCH3 is 1. The van der Waals surface area contributed by atoms with E-state index in [0.717, 1.165) is 20.3 Å². The Labute approximate surface area is 173 Å². The molecule has 4 rings (SSSR count). The van der Waals surface area contributed by atoms with Gasteiger partial charge in [0.25, 0.3) is 5.91 Å². The molecule has 28 heavy (non-hydrogen) atoms. The summed E-state index contributed by atoms with van der Waals surface area (Å²) >= 11 is 4.94. The zero-order valence-electron chi connectivity index (χ0n) is 15.2. The molecule has 0 aliphatic rings. The van der Waals surface area contributed by atoms with Crippen molar-refractivity contribution in [3.8, 4) is 5.88 Å². The molecule has 3 aromatic heterocycles. The molecular weight excluding hydrogens is 442 g/mol. The number of aromatic nitrogens is 4. The van der Waals surface area contributed by atoms with Crippen LogP contribution in [0.4, 0.5) is 5.13 Å². The number of aryl methyl sites for hydroxylation is 1. The summed E-state index contributed by atoms with van der Waals surface area (Å²) in [6, 6.07) is 9.63. The summed E-state index contributed by atoms with van der Waals surface area (Å²) in [5.41, 5.74) is 2.12. The fraction of sp³-hybridized carbons (Fsp3) is 0.158. The first-order valence-corrected chi connectivity index (χ1v) is 10.0. The molecule has 0 saturated carbocycles. The minimum Gasteiger partial charge on any atom is -0.479 e. The molecule has 1 amide bonds. The minimum atomic E-state index is -0.230. The molecule has 0 aliphatic carbocycles. The van der Waals surface area contributed by atoms with Crippen molar-refractivity contribution in [1.82, 2.24) is 19.7 Å². The summed E-state index contributed by atoms with van der Waals surface area (Å²) in [6.07, 6.45) is 5.10. The Kier molecular flexibility index (Phi) is 5.10. The smallest absolute Gasteiger partial charge is 0.267 e. The van der Waals surface area contributed by atoms with Gasteiger partial charge in [-0.15, -0.1) is 5.10 Å². The zero-order chi connectivity index (χ0) is 19.7. The van der Waals surface area contributed by atoms with Gasteiger partial charge in [-0.05, 0) is 29.8 Å². The third-order valence-corrected chi connectivity index (χ3v) is 5.63. The highest BCUT2D eigenvalue weighted by atomic mass is 79.9. The van der Waals surface area contributed by atoms with E-state index in [4.69, 9.17) is 4.74 Å². The van der Waals surface area contributed by atoms with Crippen molar-refractivity contribution in [3.63, 3.8) is 0 Å². The second-order valence-corrected chi connectivity index (χ2v) is 8.01. The van der Waals surface area contributed by atoms with E-state index in [1.165, 1.54) is 18.4 Å². The Morgan fingerprint density at radius 2 is 2.21 bits per heavy atom. The van der Waals surface area contributed by atoms with Crippen molar-refractivity contribution in [3.05, 3.63) is 64.5 Å². The van der Waals surface area contributed by atoms with E-state index in [2.05, 4.69) is 31.0 Å². The quantitative estimate of drug-likeness (QED) is 0.451. The highest BCUT2D eigenvalue weighted by Crippen LogP contribution is 2.33. The van der Waals surface area contributed by atoms with Crippen molar-refractivity contribution in [2.45, 2.75) is 6.54 Å². The van der Waals surface area contributed by atoms with Gasteiger partial charge in [-0.1, -0.05) is 33.3 Å². The number of pyridine rings is 1. The Bertz CT molecular complexity index is 1140. The van der Waals surface area contributed by atoms with Crippen molar-refractivity contribution < 1.29 is 9.53 Å². The van der Waals surface area contributed by atoms with Crippen molar-refractivity contribution in [1.29, 1.82) is 0 Å². The maximum Gasteiger partial charge on any atom is 0.267 e. The Hall–Kier alpha value is -2.78. The number of amides is 1. The molecule has 0 bridgehead atoms. The molecule has 0 radical (unpaired) electrons. The second kappa shape index (κ2) is 7.69. The molecule has 0 N–H and O–H groups in total. The van der Waals surface area contributed by atoms with Gasteiger partial charge in [0.2, 0.25) is 5.88 Å². The van der Waals surface area contributed by atoms with E-state index in [1.54, 1.807) is 35.2 Å². The number of hydrogen-bond donors (Lipinski definition) is 0. The van der Waals surface area contributed by atoms with Crippen LogP contribution in [-0.4, -0.2) is 32.8 Å². The Morgan fingerprint density at radius 1 is 1.36 bits per heavy atom. The van der Waals surface area contributed by atoms with E-state index in [1.807, 2.05) is 30.3 Å². The second-order valence-electron chi connectivity index (χ2n) is 6.09. The summed E-state index contributed by atoms with van der Waals surface area (Å²) in [7, 11) is 3.25. The average Bonchev–Trinajstić information content (AvgIpc) is 3.29. The third-order valence-electron chi connectivity index (χ3n) is 4.10. The molecule has 1 aromatic carbocycles. The lowest BCUT2D eigenvalue weighted by molar-refractivity contribution is 0.0982. The first-order valence-electron chi connectivity index (χ1n) is 8.39. The van der Waals surface area contributed by atoms with Gasteiger partial charge in [0.05, 0.1) is 23.9 Å². The molecule has 7 nitrogen and oxygen atoms in total. The van der Waals surface area contributed by atoms with Crippen LogP contribution in [0.1, 0.15) is 15.9 Å². The molecule has 0 unspecified atom stereocenters. The number of halogens is 1. The minimum absolute atomic E-state index is 0.230. The van der Waals surface area contributed by atoms with E-state index >= 15 is 0 Å². The molecule has 0 atom stereocenters. The fourth-order valence-corrected chi connectivity index (χ4v) is 4.33. The SMILES string of the molecule is COc1nn(C)cc1C(=O)N(Cc1cccnc1)c1nc2ccc(Br)cc2s1. The molecule has 0 saturated heterocycles. The highest BCUT2D eigenvalue weighted by molar-refractivity contribution is 9.10. The standard InChI is InChI=1S/C19H16BrN5O2S/c1-24-11-14(17(23-24)27-2)18(26)25(10-12-4-3-7-21-9-12)19-22-15-6-5-13(20)8-16(15)28-19/h3-9,11H,10H2,1-2H3. The normalized spacial score (nSPS) is 11.0. The molecule has 9 heteroatoms. The molecular formula is C19H16BrN5O2S. The lowest BCUT2D eigenvalue weighted by atomic mass is 10.2. The molecule has 4 aromatic rings. The summed E-state index contributed by atoms with van der Waals surface area (Å²) in [5.74, 6) is 0.0551. The lowest BCUT2D eigenvalue weighted by Crippen LogP contribution is -2.30. The van der Waals surface area contributed by atoms with Crippen LogP contribution in [0.5, 0.6) is 5.88 Å². The van der Waals surface area contributed by atoms with Crippen molar-refractivity contribution in [2.75, 3.05) is 12.0 Å². The van der Waals surface area contributed by atoms with Gasteiger partial charge in [0.1, 0.15) is 5.56 Å². The predicted octanol–water partition coefficient (Wildman–Crippen LogP) is 4.04. The summed E-state index contributed by atoms with van der Waals surface area (Å²) in [4.78, 5) is 23.9. The molecule has 3 heterocycles. The van der Waals surface area contributed by atoms with Gasteiger partial charge < -0.3 is 4.74 Å². The number of rotatable bonds is 5. The largest absolute Gasteiger partial charge is 0.479 e. The Morgan fingerprint density at radius 3 is 2.96 bits per heavy atom. The van der Waals surface area contributed by atoms with Crippen LogP contribution in [0.15, 0.2) is 53.4 Å². The number of ether oxygens (including phenoxy) is 1. The number of carbonyl (C=O) groups excluding carboxylic acids is 1. The highest BCUT2D eigenvalue weighted by Gasteiger charge is 2.26. The van der Waals surface area contributed by atoms with Crippen LogP contribution in [-0.2, 0) is 13.6 Å². The topological polar surface area (TPSA) is 73.1 Å². The van der Waals surface area contributed by atoms with E-state index in [-0.39, 0.29) is 11.8 Å². The number of hydrogen-bond acceptors (Lipinski definition) is 6. The van der Waals surface area contributed by atoms with Crippen LogP contribution < -0.4 is 9.64 Å². The van der Waals surface area contributed by atoms with Gasteiger partial charge in [-0.2, -0.15) is 0 Å². The van der Waals surface area contributed by atoms with Gasteiger partial charge in [0.15, 0.2) is 5.13 Å². The monoisotopic (exact) mass is 457 g/mol. The van der Waals surface area contributed by atoms with Crippen molar-refractivity contribution in [2.24, 2.45) is 7.05 Å². The lowest BCUT2D eigenvalue weighted by Gasteiger charge is -2.19. The van der Waals surface area contributed by atoms with Gasteiger partial charge in [-0.3, -0.25) is 19.4 Å². The van der Waals surface area contributed by atoms with Crippen LogP contribution in [0.2, 0.25) is 0 Å². The maximum absolute atomic E-state index is 13.4. The van der Waals surface area contributed by atoms with Crippen LogP contribution in [0, 0.1) is 0 Å². The van der Waals surface area contributed by atoms with Crippen molar-refractivity contribution >= 4 is 48.5 Å². The van der Waals surface area contributed by atoms with Crippen LogP contribution in [0.3, 0.4) is 0 Å². The number of benzene rings is 1. The number of anilines is 1. The summed E-state index contributed by atoms with van der Waals surface area (Å²) in [5, 5.41) is 4.80. The molecule has 142 valence electrons. The zero-order valence-corrected chi connectivity index (χ0v) is 17.6. The third kappa shape index (κ3) is 3.63. The summed E-state index contributed by atoms with van der Waals surface area (Å²) < 4.78 is 8.80. The first-order chi connectivity index (χ1) is 13.5. The number of carbonyl (C=O) groups is 1. The first kappa shape index (κ1) is 18.6. The number of fused-ring (bicyclic) bond motifs is 1. The number of nitrogens with zero attached hydrogens (tertiary/aromatic N) is 5. The predicted molar refractivity (Wildman–Crippen MR) is 112 cm³/mol. The molecule has 0 aliphatic heterocycles.